The highest BCUT2D eigenvalue weighted by atomic mass is 35.5. The number of hydrogen-bond donors (Lipinski definition) is 0. The predicted octanol–water partition coefficient (Wildman–Crippen LogP) is 6.14. The van der Waals surface area contributed by atoms with Crippen LogP contribution in [0.3, 0.4) is 0 Å². The first-order valence-corrected chi connectivity index (χ1v) is 14.6. The Morgan fingerprint density at radius 2 is 1.85 bits per heavy atom. The van der Waals surface area contributed by atoms with Gasteiger partial charge >= 0.3 is 0 Å². The largest absolute Gasteiger partial charge is 0.497 e. The molecule has 1 aromatic heterocycles. The van der Waals surface area contributed by atoms with Crippen LogP contribution in [0.15, 0.2) is 77.7 Å². The second kappa shape index (κ2) is 12.0. The Morgan fingerprint density at radius 3 is 2.50 bits per heavy atom. The van der Waals surface area contributed by atoms with Crippen LogP contribution in [0.5, 0.6) is 17.4 Å². The number of sulfonamides is 1. The van der Waals surface area contributed by atoms with Crippen LogP contribution in [0, 0.1) is 12.7 Å². The van der Waals surface area contributed by atoms with Crippen molar-refractivity contribution < 1.29 is 27.0 Å². The predicted molar refractivity (Wildman–Crippen MR) is 149 cm³/mol. The maximum Gasteiger partial charge on any atom is 0.243 e. The molecule has 5 rings (SSSR count). The first kappa shape index (κ1) is 28.1. The molecule has 0 spiro atoms. The summed E-state index contributed by atoms with van der Waals surface area (Å²) < 4.78 is 62.1. The van der Waals surface area contributed by atoms with Crippen LogP contribution in [-0.2, 0) is 21.3 Å². The minimum absolute atomic E-state index is 0.0434. The molecule has 1 unspecified atom stereocenters. The molecule has 1 aliphatic heterocycles. The van der Waals surface area contributed by atoms with Gasteiger partial charge < -0.3 is 14.2 Å². The van der Waals surface area contributed by atoms with Gasteiger partial charge in [0.15, 0.2) is 0 Å². The van der Waals surface area contributed by atoms with Crippen LogP contribution in [0.1, 0.15) is 24.1 Å². The van der Waals surface area contributed by atoms with Crippen molar-refractivity contribution in [2.24, 2.45) is 0 Å². The summed E-state index contributed by atoms with van der Waals surface area (Å²) in [4.78, 5) is 0.127. The van der Waals surface area contributed by atoms with E-state index in [2.05, 4.69) is 5.10 Å². The standard InChI is InChI=1S/C29H29ClFN3O5S/c1-20-28(19-33(18-26-7-4-16-38-26)40(35,36)27-14-12-24(37-2)13-15-27)29(39-25-6-3-5-22(31)17-25)34(32-20)23-10-8-21(30)9-11-23/h3,5-6,8-15,17,26H,4,7,16,18-19H2,1-2H3. The molecule has 1 atom stereocenters. The zero-order valence-electron chi connectivity index (χ0n) is 22.1. The molecule has 11 heteroatoms. The van der Waals surface area contributed by atoms with Gasteiger partial charge in [-0.3, -0.25) is 0 Å². The Labute approximate surface area is 237 Å². The van der Waals surface area contributed by atoms with E-state index in [1.807, 2.05) is 0 Å². The average molecular weight is 586 g/mol. The van der Waals surface area contributed by atoms with E-state index in [0.717, 1.165) is 12.8 Å². The lowest BCUT2D eigenvalue weighted by atomic mass is 10.2. The lowest BCUT2D eigenvalue weighted by Gasteiger charge is -2.25. The van der Waals surface area contributed by atoms with Gasteiger partial charge in [-0.2, -0.15) is 9.40 Å². The minimum atomic E-state index is -3.96. The SMILES string of the molecule is COc1ccc(S(=O)(=O)N(Cc2c(C)nn(-c3ccc(Cl)cc3)c2Oc2cccc(F)c2)CC2CCCO2)cc1. The van der Waals surface area contributed by atoms with E-state index in [4.69, 9.17) is 25.8 Å². The first-order valence-electron chi connectivity index (χ1n) is 12.8. The Balaban J connectivity index is 1.58. The third-order valence-electron chi connectivity index (χ3n) is 6.68. The van der Waals surface area contributed by atoms with Crippen molar-refractivity contribution >= 4 is 21.6 Å². The number of hydrogen-bond acceptors (Lipinski definition) is 6. The molecule has 3 aromatic carbocycles. The summed E-state index contributed by atoms with van der Waals surface area (Å²) in [6.45, 7) is 2.48. The van der Waals surface area contributed by atoms with Crippen molar-refractivity contribution in [2.75, 3.05) is 20.3 Å². The number of halogens is 2. The maximum absolute atomic E-state index is 14.1. The number of ether oxygens (including phenoxy) is 3. The van der Waals surface area contributed by atoms with E-state index in [0.29, 0.717) is 34.3 Å². The van der Waals surface area contributed by atoms with Crippen LogP contribution in [0.25, 0.3) is 5.69 Å². The van der Waals surface area contributed by atoms with Crippen molar-refractivity contribution in [3.05, 3.63) is 94.9 Å². The van der Waals surface area contributed by atoms with Gasteiger partial charge in [-0.1, -0.05) is 17.7 Å². The quantitative estimate of drug-likeness (QED) is 0.222. The lowest BCUT2D eigenvalue weighted by Crippen LogP contribution is -2.37. The molecule has 1 fully saturated rings. The Hall–Kier alpha value is -3.44. The van der Waals surface area contributed by atoms with Crippen LogP contribution in [-0.4, -0.2) is 48.9 Å². The molecule has 2 heterocycles. The summed E-state index contributed by atoms with van der Waals surface area (Å²) >= 11 is 6.10. The summed E-state index contributed by atoms with van der Waals surface area (Å²) in [5.41, 5.74) is 1.74. The van der Waals surface area contributed by atoms with Gasteiger partial charge in [0.1, 0.15) is 17.3 Å². The smallest absolute Gasteiger partial charge is 0.243 e. The first-order chi connectivity index (χ1) is 19.2. The second-order valence-corrected chi connectivity index (χ2v) is 11.8. The van der Waals surface area contributed by atoms with Gasteiger partial charge in [-0.05, 0) is 80.4 Å². The molecule has 8 nitrogen and oxygen atoms in total. The molecule has 210 valence electrons. The third-order valence-corrected chi connectivity index (χ3v) is 8.76. The monoisotopic (exact) mass is 585 g/mol. The molecular weight excluding hydrogens is 557 g/mol. The van der Waals surface area contributed by atoms with E-state index >= 15 is 0 Å². The minimum Gasteiger partial charge on any atom is -0.497 e. The normalized spacial score (nSPS) is 15.5. The van der Waals surface area contributed by atoms with Gasteiger partial charge in [-0.25, -0.2) is 17.5 Å². The van der Waals surface area contributed by atoms with E-state index < -0.39 is 15.8 Å². The summed E-state index contributed by atoms with van der Waals surface area (Å²) in [5, 5.41) is 5.23. The lowest BCUT2D eigenvalue weighted by molar-refractivity contribution is 0.0924. The summed E-state index contributed by atoms with van der Waals surface area (Å²) in [6.07, 6.45) is 1.37. The number of methoxy groups -OCH3 is 1. The molecule has 1 aliphatic rings. The van der Waals surface area contributed by atoms with Gasteiger partial charge in [0.05, 0.1) is 35.1 Å². The van der Waals surface area contributed by atoms with Crippen LogP contribution in [0.2, 0.25) is 5.02 Å². The van der Waals surface area contributed by atoms with Gasteiger partial charge in [-0.15, -0.1) is 0 Å². The van der Waals surface area contributed by atoms with E-state index in [1.54, 1.807) is 54.1 Å². The maximum atomic E-state index is 14.1. The Kier molecular flexibility index (Phi) is 8.41. The van der Waals surface area contributed by atoms with Crippen molar-refractivity contribution in [1.82, 2.24) is 14.1 Å². The summed E-state index contributed by atoms with van der Waals surface area (Å²) in [6, 6.07) is 19.0. The van der Waals surface area contributed by atoms with Gasteiger partial charge in [0.25, 0.3) is 0 Å². The molecular formula is C29H29ClFN3O5S. The molecule has 0 N–H and O–H groups in total. The fourth-order valence-corrected chi connectivity index (χ4v) is 6.13. The Bertz CT molecular complexity index is 1570. The van der Waals surface area contributed by atoms with Crippen LogP contribution < -0.4 is 9.47 Å². The van der Waals surface area contributed by atoms with Crippen molar-refractivity contribution in [3.63, 3.8) is 0 Å². The average Bonchev–Trinajstić information content (AvgIpc) is 3.57. The van der Waals surface area contributed by atoms with Gasteiger partial charge in [0.2, 0.25) is 15.9 Å². The Morgan fingerprint density at radius 1 is 1.10 bits per heavy atom. The number of aromatic nitrogens is 2. The zero-order chi connectivity index (χ0) is 28.3. The molecule has 0 aliphatic carbocycles. The third kappa shape index (κ3) is 6.15. The van der Waals surface area contributed by atoms with E-state index in [1.165, 1.54) is 41.7 Å². The topological polar surface area (TPSA) is 82.9 Å². The van der Waals surface area contributed by atoms with Gasteiger partial charge in [0, 0.05) is 30.8 Å². The molecule has 0 saturated carbocycles. The zero-order valence-corrected chi connectivity index (χ0v) is 23.7. The van der Waals surface area contributed by atoms with Crippen LogP contribution >= 0.6 is 11.6 Å². The highest BCUT2D eigenvalue weighted by Crippen LogP contribution is 2.34. The molecule has 40 heavy (non-hydrogen) atoms. The summed E-state index contributed by atoms with van der Waals surface area (Å²) in [5.74, 6) is 0.610. The molecule has 4 aromatic rings. The molecule has 0 radical (unpaired) electrons. The fourth-order valence-electron chi connectivity index (χ4n) is 4.56. The fraction of sp³-hybridized carbons (Fsp3) is 0.276. The highest BCUT2D eigenvalue weighted by Gasteiger charge is 2.32. The molecule has 1 saturated heterocycles. The van der Waals surface area contributed by atoms with E-state index in [9.17, 15) is 12.8 Å². The molecule has 0 bridgehead atoms. The van der Waals surface area contributed by atoms with Crippen LogP contribution in [0.4, 0.5) is 4.39 Å². The number of benzene rings is 3. The number of rotatable bonds is 10. The number of aryl methyl sites for hydroxylation is 1. The summed E-state index contributed by atoms with van der Waals surface area (Å²) in [7, 11) is -2.44. The van der Waals surface area contributed by atoms with Crippen molar-refractivity contribution in [1.29, 1.82) is 0 Å². The molecule has 0 amide bonds. The van der Waals surface area contributed by atoms with Crippen molar-refractivity contribution in [2.45, 2.75) is 37.3 Å². The highest BCUT2D eigenvalue weighted by molar-refractivity contribution is 7.89. The van der Waals surface area contributed by atoms with Crippen molar-refractivity contribution in [3.8, 4) is 23.1 Å². The number of nitrogens with zero attached hydrogens (tertiary/aromatic N) is 3. The van der Waals surface area contributed by atoms with E-state index in [-0.39, 0.29) is 35.7 Å². The second-order valence-electron chi connectivity index (χ2n) is 9.42.